The van der Waals surface area contributed by atoms with Crippen LogP contribution in [0.5, 0.6) is 0 Å². The highest BCUT2D eigenvalue weighted by Gasteiger charge is 2.27. The fourth-order valence-corrected chi connectivity index (χ4v) is 2.18. The average molecular weight is 218 g/mol. The average Bonchev–Trinajstić information content (AvgIpc) is 2.97. The van der Waals surface area contributed by atoms with Crippen molar-refractivity contribution in [3.8, 4) is 0 Å². The molecule has 1 fully saturated rings. The van der Waals surface area contributed by atoms with Gasteiger partial charge in [-0.1, -0.05) is 18.2 Å². The molecule has 0 aliphatic carbocycles. The minimum absolute atomic E-state index is 0.167. The number of aliphatic hydroxyl groups excluding tert-OH is 1. The molecule has 84 valence electrons. The Bertz CT molecular complexity index is 450. The van der Waals surface area contributed by atoms with Gasteiger partial charge in [-0.15, -0.1) is 0 Å². The van der Waals surface area contributed by atoms with Crippen LogP contribution in [-0.2, 0) is 4.74 Å². The number of fused-ring (bicyclic) bond motifs is 1. The summed E-state index contributed by atoms with van der Waals surface area (Å²) < 4.78 is 10.9. The molecule has 0 amide bonds. The van der Waals surface area contributed by atoms with Gasteiger partial charge >= 0.3 is 0 Å². The van der Waals surface area contributed by atoms with Crippen molar-refractivity contribution >= 4 is 11.0 Å². The van der Waals surface area contributed by atoms with Crippen LogP contribution in [0.15, 0.2) is 34.7 Å². The zero-order valence-corrected chi connectivity index (χ0v) is 8.93. The van der Waals surface area contributed by atoms with Crippen molar-refractivity contribution in [2.45, 2.75) is 12.5 Å². The number of rotatable bonds is 2. The van der Waals surface area contributed by atoms with E-state index < -0.39 is 6.10 Å². The molecule has 1 aromatic carbocycles. The van der Waals surface area contributed by atoms with Crippen molar-refractivity contribution in [1.29, 1.82) is 0 Å². The highest BCUT2D eigenvalue weighted by atomic mass is 16.5. The summed E-state index contributed by atoms with van der Waals surface area (Å²) in [6, 6.07) is 9.71. The quantitative estimate of drug-likeness (QED) is 0.842. The Balaban J connectivity index is 1.92. The Morgan fingerprint density at radius 3 is 2.94 bits per heavy atom. The molecular weight excluding hydrogens is 204 g/mol. The molecule has 0 saturated carbocycles. The van der Waals surface area contributed by atoms with E-state index in [1.165, 1.54) is 0 Å². The molecule has 2 atom stereocenters. The summed E-state index contributed by atoms with van der Waals surface area (Å²) in [5.74, 6) is 0.817. The van der Waals surface area contributed by atoms with Crippen LogP contribution in [0, 0.1) is 5.92 Å². The Hall–Kier alpha value is -1.32. The van der Waals surface area contributed by atoms with Gasteiger partial charge < -0.3 is 14.3 Å². The third-order valence-electron chi connectivity index (χ3n) is 3.15. The Morgan fingerprint density at radius 2 is 2.19 bits per heavy atom. The molecule has 2 unspecified atom stereocenters. The molecule has 1 aromatic heterocycles. The van der Waals surface area contributed by atoms with E-state index in [1.54, 1.807) is 0 Å². The highest BCUT2D eigenvalue weighted by Crippen LogP contribution is 2.32. The van der Waals surface area contributed by atoms with Gasteiger partial charge in [-0.2, -0.15) is 0 Å². The van der Waals surface area contributed by atoms with Gasteiger partial charge in [0.1, 0.15) is 17.4 Å². The summed E-state index contributed by atoms with van der Waals surface area (Å²) in [5, 5.41) is 11.2. The number of ether oxygens (including phenoxy) is 1. The smallest absolute Gasteiger partial charge is 0.134 e. The third kappa shape index (κ3) is 1.62. The second kappa shape index (κ2) is 3.92. The van der Waals surface area contributed by atoms with E-state index in [9.17, 15) is 5.11 Å². The molecule has 16 heavy (non-hydrogen) atoms. The normalized spacial score (nSPS) is 22.7. The highest BCUT2D eigenvalue weighted by molar-refractivity contribution is 5.77. The topological polar surface area (TPSA) is 42.6 Å². The zero-order valence-electron chi connectivity index (χ0n) is 8.93. The molecule has 1 saturated heterocycles. The van der Waals surface area contributed by atoms with Crippen LogP contribution in [-0.4, -0.2) is 18.3 Å². The number of hydrogen-bond donors (Lipinski definition) is 1. The lowest BCUT2D eigenvalue weighted by Gasteiger charge is -2.13. The van der Waals surface area contributed by atoms with E-state index in [0.29, 0.717) is 12.4 Å². The SMILES string of the molecule is OC(c1cc2ccccc2o1)C1CCOC1. The zero-order chi connectivity index (χ0) is 11.0. The van der Waals surface area contributed by atoms with Crippen molar-refractivity contribution in [3.63, 3.8) is 0 Å². The molecule has 2 heterocycles. The Labute approximate surface area is 93.6 Å². The van der Waals surface area contributed by atoms with Crippen LogP contribution in [0.3, 0.4) is 0 Å². The summed E-state index contributed by atoms with van der Waals surface area (Å²) >= 11 is 0. The standard InChI is InChI=1S/C13H14O3/c14-13(10-5-6-15-8-10)12-7-9-3-1-2-4-11(9)16-12/h1-4,7,10,13-14H,5-6,8H2. The van der Waals surface area contributed by atoms with Gasteiger partial charge in [-0.3, -0.25) is 0 Å². The van der Waals surface area contributed by atoms with E-state index in [0.717, 1.165) is 24.0 Å². The fourth-order valence-electron chi connectivity index (χ4n) is 2.18. The fraction of sp³-hybridized carbons (Fsp3) is 0.385. The predicted molar refractivity (Wildman–Crippen MR) is 60.1 cm³/mol. The second-order valence-electron chi connectivity index (χ2n) is 4.26. The van der Waals surface area contributed by atoms with E-state index >= 15 is 0 Å². The van der Waals surface area contributed by atoms with Crippen LogP contribution in [0.25, 0.3) is 11.0 Å². The second-order valence-corrected chi connectivity index (χ2v) is 4.26. The first-order chi connectivity index (χ1) is 7.84. The van der Waals surface area contributed by atoms with Gasteiger partial charge in [-0.05, 0) is 18.6 Å². The van der Waals surface area contributed by atoms with Crippen LogP contribution in [0.4, 0.5) is 0 Å². The minimum Gasteiger partial charge on any atom is -0.458 e. The van der Waals surface area contributed by atoms with Crippen LogP contribution < -0.4 is 0 Å². The summed E-state index contributed by atoms with van der Waals surface area (Å²) in [6.07, 6.45) is 0.355. The van der Waals surface area contributed by atoms with Crippen LogP contribution >= 0.6 is 0 Å². The summed E-state index contributed by atoms with van der Waals surface area (Å²) in [4.78, 5) is 0. The summed E-state index contributed by atoms with van der Waals surface area (Å²) in [6.45, 7) is 1.36. The van der Waals surface area contributed by atoms with E-state index in [2.05, 4.69) is 0 Å². The molecule has 1 aliphatic rings. The molecule has 0 radical (unpaired) electrons. The van der Waals surface area contributed by atoms with Crippen molar-refractivity contribution in [3.05, 3.63) is 36.1 Å². The van der Waals surface area contributed by atoms with Gasteiger partial charge in [0.25, 0.3) is 0 Å². The van der Waals surface area contributed by atoms with Crippen molar-refractivity contribution < 1.29 is 14.3 Å². The van der Waals surface area contributed by atoms with Crippen LogP contribution in [0.2, 0.25) is 0 Å². The Morgan fingerprint density at radius 1 is 1.31 bits per heavy atom. The van der Waals surface area contributed by atoms with E-state index in [4.69, 9.17) is 9.15 Å². The molecule has 1 N–H and O–H groups in total. The van der Waals surface area contributed by atoms with Crippen molar-refractivity contribution in [1.82, 2.24) is 0 Å². The number of furan rings is 1. The molecule has 1 aliphatic heterocycles. The number of para-hydroxylation sites is 1. The lowest BCUT2D eigenvalue weighted by atomic mass is 10.00. The molecule has 3 rings (SSSR count). The molecule has 0 spiro atoms. The first kappa shape index (κ1) is 9.87. The minimum atomic E-state index is -0.546. The first-order valence-corrected chi connectivity index (χ1v) is 5.59. The molecule has 2 aromatic rings. The maximum atomic E-state index is 10.1. The molecule has 3 heteroatoms. The third-order valence-corrected chi connectivity index (χ3v) is 3.15. The lowest BCUT2D eigenvalue weighted by molar-refractivity contribution is 0.0753. The van der Waals surface area contributed by atoms with Gasteiger partial charge in [0, 0.05) is 17.9 Å². The predicted octanol–water partition coefficient (Wildman–Crippen LogP) is 2.50. The van der Waals surface area contributed by atoms with E-state index in [-0.39, 0.29) is 5.92 Å². The van der Waals surface area contributed by atoms with Crippen molar-refractivity contribution in [2.24, 2.45) is 5.92 Å². The Kier molecular flexibility index (Phi) is 2.42. The molecular formula is C13H14O3. The lowest BCUT2D eigenvalue weighted by Crippen LogP contribution is -2.11. The first-order valence-electron chi connectivity index (χ1n) is 5.59. The van der Waals surface area contributed by atoms with Gasteiger partial charge in [0.15, 0.2) is 0 Å². The monoisotopic (exact) mass is 218 g/mol. The molecule has 3 nitrogen and oxygen atoms in total. The van der Waals surface area contributed by atoms with Crippen LogP contribution in [0.1, 0.15) is 18.3 Å². The number of hydrogen-bond acceptors (Lipinski definition) is 3. The summed E-state index contributed by atoms with van der Waals surface area (Å²) in [7, 11) is 0. The molecule has 0 bridgehead atoms. The van der Waals surface area contributed by atoms with E-state index in [1.807, 2.05) is 30.3 Å². The largest absolute Gasteiger partial charge is 0.458 e. The maximum Gasteiger partial charge on any atom is 0.134 e. The van der Waals surface area contributed by atoms with Gasteiger partial charge in [-0.25, -0.2) is 0 Å². The maximum absolute atomic E-state index is 10.1. The van der Waals surface area contributed by atoms with Gasteiger partial charge in [0.2, 0.25) is 0 Å². The van der Waals surface area contributed by atoms with Gasteiger partial charge in [0.05, 0.1) is 6.61 Å². The summed E-state index contributed by atoms with van der Waals surface area (Å²) in [5.41, 5.74) is 0.829. The number of aliphatic hydroxyl groups is 1. The van der Waals surface area contributed by atoms with Crippen molar-refractivity contribution in [2.75, 3.05) is 13.2 Å². The number of benzene rings is 1.